The van der Waals surface area contributed by atoms with Gasteiger partial charge in [-0.15, -0.1) is 0 Å². The van der Waals surface area contributed by atoms with Crippen LogP contribution < -0.4 is 0 Å². The normalized spacial score (nSPS) is 13.9. The van der Waals surface area contributed by atoms with Crippen LogP contribution in [0.2, 0.25) is 0 Å². The van der Waals surface area contributed by atoms with Crippen molar-refractivity contribution in [2.24, 2.45) is 0 Å². The van der Waals surface area contributed by atoms with Crippen molar-refractivity contribution in [2.75, 3.05) is 6.61 Å². The summed E-state index contributed by atoms with van der Waals surface area (Å²) in [5.74, 6) is -2.47. The highest BCUT2D eigenvalue weighted by Crippen LogP contribution is 2.40. The topological polar surface area (TPSA) is 83.9 Å². The van der Waals surface area contributed by atoms with Gasteiger partial charge in [0, 0.05) is 6.42 Å². The summed E-state index contributed by atoms with van der Waals surface area (Å²) < 4.78 is 6.66. The van der Waals surface area contributed by atoms with E-state index in [-0.39, 0.29) is 24.2 Å². The number of carbonyl (C=O) groups is 3. The number of benzene rings is 4. The van der Waals surface area contributed by atoms with Crippen LogP contribution in [0.15, 0.2) is 115 Å². The molecule has 6 heteroatoms. The van der Waals surface area contributed by atoms with Crippen molar-refractivity contribution in [1.82, 2.24) is 4.90 Å². The second-order valence-corrected chi connectivity index (χ2v) is 8.80. The SMILES string of the molecule is O=C(O)[C@H](CCOC(c1ccccc1)(c1ccccc1)c1ccccc1)N1C(=O)c2ccccc2C1=O. The number of imide groups is 1. The minimum absolute atomic E-state index is 0.0247. The third kappa shape index (κ3) is 4.32. The molecular weight excluding hydrogens is 466 g/mol. The molecular formula is C31H25NO5. The fraction of sp³-hybridized carbons (Fsp3) is 0.129. The Bertz CT molecular complexity index is 1290. The van der Waals surface area contributed by atoms with Crippen LogP contribution in [0.1, 0.15) is 43.8 Å². The molecule has 5 rings (SSSR count). The van der Waals surface area contributed by atoms with Crippen LogP contribution in [0.4, 0.5) is 0 Å². The number of ether oxygens (including phenoxy) is 1. The van der Waals surface area contributed by atoms with E-state index in [4.69, 9.17) is 4.74 Å². The Hall–Kier alpha value is -4.55. The molecule has 1 aliphatic rings. The Balaban J connectivity index is 1.50. The number of carboxylic acid groups (broad SMARTS) is 1. The Morgan fingerprint density at radius 3 is 1.43 bits per heavy atom. The van der Waals surface area contributed by atoms with Gasteiger partial charge in [-0.3, -0.25) is 14.5 Å². The van der Waals surface area contributed by atoms with Crippen LogP contribution in [-0.2, 0) is 15.1 Å². The number of carboxylic acids is 1. The van der Waals surface area contributed by atoms with E-state index in [1.165, 1.54) is 12.1 Å². The number of hydrogen-bond acceptors (Lipinski definition) is 4. The molecule has 0 spiro atoms. The quantitative estimate of drug-likeness (QED) is 0.259. The van der Waals surface area contributed by atoms with Gasteiger partial charge in [-0.1, -0.05) is 103 Å². The highest BCUT2D eigenvalue weighted by Gasteiger charge is 2.43. The summed E-state index contributed by atoms with van der Waals surface area (Å²) in [5, 5.41) is 10.0. The van der Waals surface area contributed by atoms with Crippen LogP contribution in [-0.4, -0.2) is 40.4 Å². The van der Waals surface area contributed by atoms with Gasteiger partial charge in [0.15, 0.2) is 0 Å². The van der Waals surface area contributed by atoms with Crippen molar-refractivity contribution in [2.45, 2.75) is 18.1 Å². The molecule has 0 fully saturated rings. The molecule has 6 nitrogen and oxygen atoms in total. The Kier molecular flexibility index (Phi) is 6.66. The van der Waals surface area contributed by atoms with Crippen molar-refractivity contribution in [1.29, 1.82) is 0 Å². The van der Waals surface area contributed by atoms with E-state index < -0.39 is 29.4 Å². The summed E-state index contributed by atoms with van der Waals surface area (Å²) in [7, 11) is 0. The summed E-state index contributed by atoms with van der Waals surface area (Å²) in [6.45, 7) is -0.0247. The molecule has 1 N–H and O–H groups in total. The van der Waals surface area contributed by atoms with Crippen LogP contribution >= 0.6 is 0 Å². The van der Waals surface area contributed by atoms with Gasteiger partial charge < -0.3 is 9.84 Å². The molecule has 37 heavy (non-hydrogen) atoms. The van der Waals surface area contributed by atoms with Gasteiger partial charge in [0.1, 0.15) is 11.6 Å². The lowest BCUT2D eigenvalue weighted by Gasteiger charge is -2.36. The van der Waals surface area contributed by atoms with Gasteiger partial charge in [-0.2, -0.15) is 0 Å². The summed E-state index contributed by atoms with van der Waals surface area (Å²) >= 11 is 0. The zero-order valence-electron chi connectivity index (χ0n) is 20.0. The minimum atomic E-state index is -1.37. The van der Waals surface area contributed by atoms with E-state index in [0.29, 0.717) is 0 Å². The molecule has 0 aromatic heterocycles. The van der Waals surface area contributed by atoms with E-state index in [1.54, 1.807) is 12.1 Å². The zero-order chi connectivity index (χ0) is 25.8. The lowest BCUT2D eigenvalue weighted by Crippen LogP contribution is -2.46. The summed E-state index contributed by atoms with van der Waals surface area (Å²) in [6, 6.07) is 34.2. The second kappa shape index (κ2) is 10.2. The molecule has 0 bridgehead atoms. The minimum Gasteiger partial charge on any atom is -0.480 e. The predicted molar refractivity (Wildman–Crippen MR) is 138 cm³/mol. The average molecular weight is 492 g/mol. The molecule has 1 atom stereocenters. The molecule has 1 aliphatic heterocycles. The molecule has 0 saturated carbocycles. The monoisotopic (exact) mass is 491 g/mol. The Labute approximate surface area is 214 Å². The third-order valence-electron chi connectivity index (χ3n) is 6.67. The highest BCUT2D eigenvalue weighted by molar-refractivity contribution is 6.22. The van der Waals surface area contributed by atoms with Crippen molar-refractivity contribution in [3.63, 3.8) is 0 Å². The average Bonchev–Trinajstić information content (AvgIpc) is 3.20. The molecule has 184 valence electrons. The maximum atomic E-state index is 13.0. The first-order valence-corrected chi connectivity index (χ1v) is 12.0. The van der Waals surface area contributed by atoms with Crippen LogP contribution in [0.3, 0.4) is 0 Å². The van der Waals surface area contributed by atoms with E-state index in [0.717, 1.165) is 21.6 Å². The first-order valence-electron chi connectivity index (χ1n) is 12.0. The fourth-order valence-electron chi connectivity index (χ4n) is 4.95. The van der Waals surface area contributed by atoms with Gasteiger partial charge in [0.2, 0.25) is 0 Å². The Morgan fingerprint density at radius 1 is 0.676 bits per heavy atom. The third-order valence-corrected chi connectivity index (χ3v) is 6.67. The van der Waals surface area contributed by atoms with Gasteiger partial charge in [0.25, 0.3) is 11.8 Å². The number of hydrogen-bond donors (Lipinski definition) is 1. The van der Waals surface area contributed by atoms with E-state index in [2.05, 4.69) is 0 Å². The Morgan fingerprint density at radius 2 is 1.05 bits per heavy atom. The largest absolute Gasteiger partial charge is 0.480 e. The van der Waals surface area contributed by atoms with Crippen molar-refractivity contribution in [3.05, 3.63) is 143 Å². The molecule has 1 heterocycles. The molecule has 0 aliphatic carbocycles. The maximum Gasteiger partial charge on any atom is 0.327 e. The lowest BCUT2D eigenvalue weighted by atomic mass is 9.80. The number of amides is 2. The smallest absolute Gasteiger partial charge is 0.327 e. The van der Waals surface area contributed by atoms with E-state index in [9.17, 15) is 19.5 Å². The van der Waals surface area contributed by atoms with Crippen LogP contribution in [0, 0.1) is 0 Å². The standard InChI is InChI=1S/C31H25NO5/c33-28-25-18-10-11-19-26(25)29(34)32(28)27(30(35)36)20-21-37-31(22-12-4-1-5-13-22,23-14-6-2-7-15-23)24-16-8-3-9-17-24/h1-19,27H,20-21H2,(H,35,36)/t27-/m0/s1. The number of carbonyl (C=O) groups excluding carboxylic acids is 2. The summed E-state index contributed by atoms with van der Waals surface area (Å²) in [6.07, 6.45) is -0.0744. The van der Waals surface area contributed by atoms with Gasteiger partial charge in [0.05, 0.1) is 17.7 Å². The molecule has 4 aromatic carbocycles. The number of fused-ring (bicyclic) bond motifs is 1. The second-order valence-electron chi connectivity index (χ2n) is 8.80. The summed E-state index contributed by atoms with van der Waals surface area (Å²) in [5.41, 5.74) is 2.02. The first kappa shape index (κ1) is 24.2. The lowest BCUT2D eigenvalue weighted by molar-refractivity contribution is -0.142. The van der Waals surface area contributed by atoms with Gasteiger partial charge in [-0.25, -0.2) is 4.79 Å². The van der Waals surface area contributed by atoms with Gasteiger partial charge in [-0.05, 0) is 28.8 Å². The predicted octanol–water partition coefficient (Wildman–Crippen LogP) is 5.13. The molecule has 4 aromatic rings. The molecule has 0 unspecified atom stereocenters. The number of nitrogens with zero attached hydrogens (tertiary/aromatic N) is 1. The fourth-order valence-corrected chi connectivity index (χ4v) is 4.95. The van der Waals surface area contributed by atoms with Crippen molar-refractivity contribution >= 4 is 17.8 Å². The van der Waals surface area contributed by atoms with Crippen molar-refractivity contribution < 1.29 is 24.2 Å². The molecule has 0 saturated heterocycles. The summed E-state index contributed by atoms with van der Waals surface area (Å²) in [4.78, 5) is 39.1. The number of aliphatic carboxylic acids is 1. The first-order chi connectivity index (χ1) is 18.0. The van der Waals surface area contributed by atoms with E-state index in [1.807, 2.05) is 91.0 Å². The van der Waals surface area contributed by atoms with Crippen molar-refractivity contribution in [3.8, 4) is 0 Å². The van der Waals surface area contributed by atoms with Crippen LogP contribution in [0.25, 0.3) is 0 Å². The number of rotatable bonds is 9. The van der Waals surface area contributed by atoms with Gasteiger partial charge >= 0.3 is 5.97 Å². The maximum absolute atomic E-state index is 13.0. The zero-order valence-corrected chi connectivity index (χ0v) is 20.0. The van der Waals surface area contributed by atoms with Crippen LogP contribution in [0.5, 0.6) is 0 Å². The van der Waals surface area contributed by atoms with E-state index >= 15 is 0 Å². The molecule has 0 radical (unpaired) electrons. The highest BCUT2D eigenvalue weighted by atomic mass is 16.5. The molecule has 2 amide bonds.